The van der Waals surface area contributed by atoms with E-state index in [2.05, 4.69) is 21.3 Å². The van der Waals surface area contributed by atoms with Crippen molar-refractivity contribution in [3.63, 3.8) is 0 Å². The van der Waals surface area contributed by atoms with Gasteiger partial charge >= 0.3 is 11.9 Å². The maximum Gasteiger partial charge on any atom is 0.326 e. The van der Waals surface area contributed by atoms with E-state index in [9.17, 15) is 63.3 Å². The molecule has 2 aromatic rings. The highest BCUT2D eigenvalue weighted by atomic mass is 16.4. The molecule has 2 aromatic carbocycles. The highest BCUT2D eigenvalue weighted by molar-refractivity contribution is 5.99. The highest BCUT2D eigenvalue weighted by Crippen LogP contribution is 2.27. The summed E-state index contributed by atoms with van der Waals surface area (Å²) in [5.41, 5.74) is 7.47. The van der Waals surface area contributed by atoms with Crippen molar-refractivity contribution in [1.29, 1.82) is 0 Å². The first-order valence-electron chi connectivity index (χ1n) is 25.2. The third-order valence-corrected chi connectivity index (χ3v) is 14.0. The topological polar surface area (TPSA) is 318 Å². The molecule has 9 atom stereocenters. The Kier molecular flexibility index (Phi) is 18.9. The van der Waals surface area contributed by atoms with E-state index < -0.39 is 120 Å². The van der Waals surface area contributed by atoms with Gasteiger partial charge in [-0.15, -0.1) is 0 Å². The maximum absolute atomic E-state index is 14.4. The minimum Gasteiger partial charge on any atom is -0.508 e. The van der Waals surface area contributed by atoms with Crippen LogP contribution in [0.3, 0.4) is 0 Å². The molecule has 4 aliphatic rings. The molecule has 396 valence electrons. The Labute approximate surface area is 423 Å². The molecule has 0 aromatic heterocycles. The summed E-state index contributed by atoms with van der Waals surface area (Å²) in [6.45, 7) is 5.80. The van der Waals surface area contributed by atoms with E-state index in [1.165, 1.54) is 45.9 Å². The molecular formula is C51H69N9O13. The van der Waals surface area contributed by atoms with Gasteiger partial charge in [0, 0.05) is 32.6 Å². The Hall–Kier alpha value is -7.10. The first-order valence-corrected chi connectivity index (χ1v) is 25.2. The van der Waals surface area contributed by atoms with E-state index in [0.29, 0.717) is 37.7 Å². The fourth-order valence-electron chi connectivity index (χ4n) is 10.3. The number of hydrogen-bond acceptors (Lipinski definition) is 12. The van der Waals surface area contributed by atoms with Crippen molar-refractivity contribution in [2.45, 2.75) is 152 Å². The standard InChI is InChI=1S/C51H69N9O13/c1-29(2)25-36(48(69)60-24-10-16-41(60)51(72)73)56-46(67)38-13-7-21-57(38)49(70)37(28-42(62)63)55-44(65)35(27-32-17-19-33(61)20-18-32)54-45(66)39-14-8-22-58(39)50(71)40-15-9-23-59(40)47(68)30(3)53-43(64)34(52)26-31-11-5-4-6-12-31/h4-6,11-12,17-20,29-30,34-41,61H,7-10,13-16,21-28,52H2,1-3H3,(H,53,64)(H,54,66)(H,55,65)(H,56,67)(H,62,63)(H,72,73)/t30-,34-,35-,36-,37-,38-,39-,40-,41-/m0/s1. The van der Waals surface area contributed by atoms with E-state index >= 15 is 0 Å². The molecular weight excluding hydrogens is 947 g/mol. The average Bonchev–Trinajstić information content (AvgIpc) is 4.21. The summed E-state index contributed by atoms with van der Waals surface area (Å²) in [5.74, 6) is -8.13. The number of nitrogens with zero attached hydrogens (tertiary/aromatic N) is 4. The van der Waals surface area contributed by atoms with Crippen LogP contribution in [0.1, 0.15) is 96.1 Å². The van der Waals surface area contributed by atoms with Crippen molar-refractivity contribution < 1.29 is 63.3 Å². The van der Waals surface area contributed by atoms with Crippen molar-refractivity contribution in [2.75, 3.05) is 26.2 Å². The molecule has 4 heterocycles. The molecule has 0 radical (unpaired) electrons. The van der Waals surface area contributed by atoms with E-state index in [4.69, 9.17) is 5.73 Å². The number of rotatable bonds is 21. The average molecular weight is 1020 g/mol. The van der Waals surface area contributed by atoms with Crippen LogP contribution in [-0.4, -0.2) is 175 Å². The van der Waals surface area contributed by atoms with Crippen LogP contribution >= 0.6 is 0 Å². The zero-order chi connectivity index (χ0) is 53.1. The zero-order valence-corrected chi connectivity index (χ0v) is 41.6. The van der Waals surface area contributed by atoms with Gasteiger partial charge in [0.25, 0.3) is 0 Å². The van der Waals surface area contributed by atoms with Crippen molar-refractivity contribution in [1.82, 2.24) is 40.9 Å². The number of carbonyl (C=O) groups is 10. The van der Waals surface area contributed by atoms with Gasteiger partial charge < -0.3 is 61.9 Å². The fourth-order valence-corrected chi connectivity index (χ4v) is 10.3. The van der Waals surface area contributed by atoms with Crippen LogP contribution in [0.2, 0.25) is 0 Å². The van der Waals surface area contributed by atoms with Crippen molar-refractivity contribution >= 4 is 59.2 Å². The van der Waals surface area contributed by atoms with Crippen LogP contribution in [-0.2, 0) is 60.8 Å². The number of benzene rings is 2. The summed E-state index contributed by atoms with van der Waals surface area (Å²) < 4.78 is 0. The Balaban J connectivity index is 1.14. The molecule has 22 heteroatoms. The summed E-state index contributed by atoms with van der Waals surface area (Å²) in [5, 5.41) is 40.3. The molecule has 0 saturated carbocycles. The molecule has 4 saturated heterocycles. The summed E-state index contributed by atoms with van der Waals surface area (Å²) in [7, 11) is 0. The first-order chi connectivity index (χ1) is 34.7. The largest absolute Gasteiger partial charge is 0.508 e. The number of carboxylic acid groups (broad SMARTS) is 2. The number of aliphatic carboxylic acids is 2. The summed E-state index contributed by atoms with van der Waals surface area (Å²) in [6, 6.07) is 4.47. The number of likely N-dealkylation sites (tertiary alicyclic amines) is 4. The number of hydrogen-bond donors (Lipinski definition) is 8. The molecule has 4 aliphatic heterocycles. The molecule has 0 unspecified atom stereocenters. The number of amides is 8. The molecule has 22 nitrogen and oxygen atoms in total. The molecule has 73 heavy (non-hydrogen) atoms. The lowest BCUT2D eigenvalue weighted by Gasteiger charge is -2.33. The Morgan fingerprint density at radius 3 is 1.63 bits per heavy atom. The van der Waals surface area contributed by atoms with Gasteiger partial charge in [0.15, 0.2) is 0 Å². The number of nitrogens with one attached hydrogen (secondary N) is 4. The number of nitrogens with two attached hydrogens (primary N) is 1. The van der Waals surface area contributed by atoms with Gasteiger partial charge in [-0.3, -0.25) is 43.2 Å². The van der Waals surface area contributed by atoms with Gasteiger partial charge in [-0.1, -0.05) is 56.3 Å². The smallest absolute Gasteiger partial charge is 0.326 e. The fraction of sp³-hybridized carbons (Fsp3) is 0.569. The molecule has 0 aliphatic carbocycles. The molecule has 9 N–H and O–H groups in total. The van der Waals surface area contributed by atoms with Gasteiger partial charge in [0.2, 0.25) is 47.3 Å². The Bertz CT molecular complexity index is 2370. The Morgan fingerprint density at radius 2 is 1.05 bits per heavy atom. The van der Waals surface area contributed by atoms with Gasteiger partial charge in [-0.2, -0.15) is 0 Å². The molecule has 4 fully saturated rings. The number of aromatic hydroxyl groups is 1. The third-order valence-electron chi connectivity index (χ3n) is 14.0. The predicted molar refractivity (Wildman–Crippen MR) is 262 cm³/mol. The molecule has 0 spiro atoms. The first kappa shape index (κ1) is 55.2. The summed E-state index contributed by atoms with van der Waals surface area (Å²) in [4.78, 5) is 141. The van der Waals surface area contributed by atoms with Crippen LogP contribution in [0.15, 0.2) is 54.6 Å². The van der Waals surface area contributed by atoms with E-state index in [1.807, 2.05) is 44.2 Å². The van der Waals surface area contributed by atoms with Crippen LogP contribution in [0.4, 0.5) is 0 Å². The summed E-state index contributed by atoms with van der Waals surface area (Å²) >= 11 is 0. The minimum absolute atomic E-state index is 0.0125. The lowest BCUT2D eigenvalue weighted by Crippen LogP contribution is -2.60. The second kappa shape index (κ2) is 25.0. The van der Waals surface area contributed by atoms with Crippen LogP contribution in [0.5, 0.6) is 5.75 Å². The Morgan fingerprint density at radius 1 is 0.562 bits per heavy atom. The third kappa shape index (κ3) is 14.1. The second-order valence-corrected chi connectivity index (χ2v) is 19.9. The van der Waals surface area contributed by atoms with E-state index in [0.717, 1.165) is 10.5 Å². The monoisotopic (exact) mass is 1020 g/mol. The molecule has 8 amide bonds. The zero-order valence-electron chi connectivity index (χ0n) is 41.6. The summed E-state index contributed by atoms with van der Waals surface area (Å²) in [6.07, 6.45) is 1.96. The van der Waals surface area contributed by atoms with Gasteiger partial charge in [-0.25, -0.2) is 4.79 Å². The van der Waals surface area contributed by atoms with Crippen molar-refractivity contribution in [2.24, 2.45) is 11.7 Å². The van der Waals surface area contributed by atoms with Crippen molar-refractivity contribution in [3.8, 4) is 5.75 Å². The minimum atomic E-state index is -1.73. The lowest BCUT2D eigenvalue weighted by molar-refractivity contribution is -0.150. The number of carbonyl (C=O) groups excluding carboxylic acids is 8. The van der Waals surface area contributed by atoms with Crippen LogP contribution in [0.25, 0.3) is 0 Å². The quantitative estimate of drug-likeness (QED) is 0.0819. The predicted octanol–water partition coefficient (Wildman–Crippen LogP) is 0.0332. The lowest BCUT2D eigenvalue weighted by atomic mass is 10.0. The maximum atomic E-state index is 14.4. The van der Waals surface area contributed by atoms with E-state index in [1.54, 1.807) is 0 Å². The number of phenolic OH excluding ortho intramolecular Hbond substituents is 1. The highest BCUT2D eigenvalue weighted by Gasteiger charge is 2.45. The van der Waals surface area contributed by atoms with Crippen molar-refractivity contribution in [3.05, 3.63) is 65.7 Å². The number of carboxylic acids is 2. The van der Waals surface area contributed by atoms with Gasteiger partial charge in [-0.05, 0) is 100 Å². The SMILES string of the molecule is CC(C)C[C@H](NC(=O)[C@@H]1CCCN1C(=O)[C@H](CC(=O)O)NC(=O)[C@H](Cc1ccc(O)cc1)NC(=O)[C@@H]1CCCN1C(=O)[C@@H]1CCCN1C(=O)[C@H](C)NC(=O)[C@@H](N)Cc1ccccc1)C(=O)N1CCC[C@H]1C(=O)O. The second-order valence-electron chi connectivity index (χ2n) is 19.9. The van der Waals surface area contributed by atoms with Crippen LogP contribution in [0, 0.1) is 5.92 Å². The van der Waals surface area contributed by atoms with E-state index in [-0.39, 0.29) is 76.4 Å². The molecule has 0 bridgehead atoms. The number of phenols is 1. The van der Waals surface area contributed by atoms with Crippen LogP contribution < -0.4 is 27.0 Å². The molecule has 6 rings (SSSR count). The van der Waals surface area contributed by atoms with Gasteiger partial charge in [0.1, 0.15) is 54.1 Å². The van der Waals surface area contributed by atoms with Gasteiger partial charge in [0.05, 0.1) is 12.5 Å². The normalized spacial score (nSPS) is 21.7.